The Bertz CT molecular complexity index is 439. The lowest BCUT2D eigenvalue weighted by atomic mass is 10.3. The number of carbonyl (C=O) groups is 1. The number of ether oxygens (including phenoxy) is 2. The number of amides is 1. The van der Waals surface area contributed by atoms with Gasteiger partial charge >= 0.3 is 6.09 Å². The number of aliphatic hydroxyl groups excluding tert-OH is 1. The molecule has 1 unspecified atom stereocenters. The standard InChI is InChI=1S/C15H24N2O4S.ClH/c1-2-21-15(19)17-7-5-16(6-8-17)10-13(18)11-20-12-14-4-3-9-22-14;/h3-4,9,13,18H,2,5-8,10-12H2,1H3;1H. The molecule has 0 radical (unpaired) electrons. The van der Waals surface area contributed by atoms with E-state index in [0.29, 0.717) is 39.5 Å². The second-order valence-corrected chi connectivity index (χ2v) is 6.27. The molecule has 1 saturated heterocycles. The van der Waals surface area contributed by atoms with Crippen LogP contribution in [0.25, 0.3) is 0 Å². The van der Waals surface area contributed by atoms with Crippen molar-refractivity contribution in [1.29, 1.82) is 0 Å². The molecule has 2 heterocycles. The van der Waals surface area contributed by atoms with E-state index in [1.165, 1.54) is 0 Å². The molecule has 1 atom stereocenters. The fraction of sp³-hybridized carbons (Fsp3) is 0.667. The zero-order valence-corrected chi connectivity index (χ0v) is 15.0. The topological polar surface area (TPSA) is 62.2 Å². The third-order valence-corrected chi connectivity index (χ3v) is 4.35. The molecule has 8 heteroatoms. The minimum atomic E-state index is -0.505. The number of rotatable bonds is 7. The van der Waals surface area contributed by atoms with Gasteiger partial charge < -0.3 is 19.5 Å². The molecule has 0 aromatic carbocycles. The molecule has 1 aromatic rings. The molecule has 132 valence electrons. The van der Waals surface area contributed by atoms with Crippen LogP contribution in [-0.2, 0) is 16.1 Å². The predicted molar refractivity (Wildman–Crippen MR) is 92.3 cm³/mol. The fourth-order valence-corrected chi connectivity index (χ4v) is 3.01. The van der Waals surface area contributed by atoms with E-state index in [9.17, 15) is 9.90 Å². The van der Waals surface area contributed by atoms with Crippen molar-refractivity contribution in [1.82, 2.24) is 9.80 Å². The summed E-state index contributed by atoms with van der Waals surface area (Å²) in [7, 11) is 0. The highest BCUT2D eigenvalue weighted by Crippen LogP contribution is 2.10. The zero-order chi connectivity index (χ0) is 15.8. The van der Waals surface area contributed by atoms with E-state index < -0.39 is 6.10 Å². The highest BCUT2D eigenvalue weighted by molar-refractivity contribution is 7.09. The molecule has 2 rings (SSSR count). The summed E-state index contributed by atoms with van der Waals surface area (Å²) in [5.41, 5.74) is 0. The number of halogens is 1. The summed E-state index contributed by atoms with van der Waals surface area (Å²) in [4.78, 5) is 16.6. The number of β-amino-alcohol motifs (C(OH)–C–C–N with tert-alkyl or cyclic N) is 1. The first-order valence-electron chi connectivity index (χ1n) is 7.61. The molecule has 0 aliphatic carbocycles. The maximum atomic E-state index is 11.6. The van der Waals surface area contributed by atoms with Crippen molar-refractivity contribution in [2.45, 2.75) is 19.6 Å². The van der Waals surface area contributed by atoms with Gasteiger partial charge in [0.1, 0.15) is 0 Å². The third-order valence-electron chi connectivity index (χ3n) is 3.50. The summed E-state index contributed by atoms with van der Waals surface area (Å²) in [6.07, 6.45) is -0.754. The molecule has 1 aliphatic rings. The largest absolute Gasteiger partial charge is 0.450 e. The van der Waals surface area contributed by atoms with Crippen molar-refractivity contribution >= 4 is 29.8 Å². The fourth-order valence-electron chi connectivity index (χ4n) is 2.37. The summed E-state index contributed by atoms with van der Waals surface area (Å²) in [5, 5.41) is 12.0. The Morgan fingerprint density at radius 3 is 2.74 bits per heavy atom. The summed E-state index contributed by atoms with van der Waals surface area (Å²) in [6.45, 7) is 6.44. The minimum absolute atomic E-state index is 0. The molecule has 0 saturated carbocycles. The first kappa shape index (κ1) is 20.2. The monoisotopic (exact) mass is 364 g/mol. The van der Waals surface area contributed by atoms with Crippen molar-refractivity contribution in [2.75, 3.05) is 45.9 Å². The van der Waals surface area contributed by atoms with Gasteiger partial charge in [0, 0.05) is 37.6 Å². The Morgan fingerprint density at radius 1 is 1.39 bits per heavy atom. The maximum Gasteiger partial charge on any atom is 0.409 e. The van der Waals surface area contributed by atoms with Gasteiger partial charge in [-0.2, -0.15) is 0 Å². The highest BCUT2D eigenvalue weighted by Gasteiger charge is 2.23. The Kier molecular flexibility index (Phi) is 9.50. The number of thiophene rings is 1. The highest BCUT2D eigenvalue weighted by atomic mass is 35.5. The molecule has 0 bridgehead atoms. The molecule has 1 fully saturated rings. The summed E-state index contributed by atoms with van der Waals surface area (Å²) >= 11 is 1.65. The Hall–Kier alpha value is -0.860. The van der Waals surface area contributed by atoms with E-state index in [-0.39, 0.29) is 18.5 Å². The Morgan fingerprint density at radius 2 is 2.13 bits per heavy atom. The number of hydrogen-bond donors (Lipinski definition) is 1. The van der Waals surface area contributed by atoms with E-state index in [2.05, 4.69) is 4.90 Å². The average molecular weight is 365 g/mol. The second-order valence-electron chi connectivity index (χ2n) is 5.23. The lowest BCUT2D eigenvalue weighted by Crippen LogP contribution is -2.50. The van der Waals surface area contributed by atoms with Crippen LogP contribution in [0.4, 0.5) is 4.79 Å². The Labute approximate surface area is 147 Å². The van der Waals surface area contributed by atoms with Gasteiger partial charge in [0.25, 0.3) is 0 Å². The normalized spacial score (nSPS) is 16.7. The van der Waals surface area contributed by atoms with E-state index in [4.69, 9.17) is 9.47 Å². The molecule has 1 N–H and O–H groups in total. The van der Waals surface area contributed by atoms with Gasteiger partial charge in [0.05, 0.1) is 25.9 Å². The smallest absolute Gasteiger partial charge is 0.409 e. The molecule has 6 nitrogen and oxygen atoms in total. The van der Waals surface area contributed by atoms with Crippen LogP contribution in [-0.4, -0.2) is 73.0 Å². The number of aliphatic hydroxyl groups is 1. The van der Waals surface area contributed by atoms with Gasteiger partial charge in [-0.05, 0) is 18.4 Å². The van der Waals surface area contributed by atoms with Crippen LogP contribution in [0.5, 0.6) is 0 Å². The van der Waals surface area contributed by atoms with Crippen molar-refractivity contribution in [3.8, 4) is 0 Å². The summed E-state index contributed by atoms with van der Waals surface area (Å²) in [6, 6.07) is 4.01. The van der Waals surface area contributed by atoms with Gasteiger partial charge in [-0.3, -0.25) is 4.90 Å². The molecule has 1 aromatic heterocycles. The third kappa shape index (κ3) is 7.05. The predicted octanol–water partition coefficient (Wildman–Crippen LogP) is 1.82. The first-order chi connectivity index (χ1) is 10.7. The van der Waals surface area contributed by atoms with Crippen LogP contribution in [0.2, 0.25) is 0 Å². The molecule has 0 spiro atoms. The van der Waals surface area contributed by atoms with Gasteiger partial charge in [0.15, 0.2) is 0 Å². The van der Waals surface area contributed by atoms with E-state index >= 15 is 0 Å². The number of nitrogens with zero attached hydrogens (tertiary/aromatic N) is 2. The number of carbonyl (C=O) groups excluding carboxylic acids is 1. The van der Waals surface area contributed by atoms with Gasteiger partial charge in [-0.25, -0.2) is 4.79 Å². The molecule has 23 heavy (non-hydrogen) atoms. The first-order valence-corrected chi connectivity index (χ1v) is 8.49. The number of piperazine rings is 1. The summed E-state index contributed by atoms with van der Waals surface area (Å²) < 4.78 is 10.5. The van der Waals surface area contributed by atoms with E-state index in [1.54, 1.807) is 23.2 Å². The van der Waals surface area contributed by atoms with Crippen molar-refractivity contribution in [3.05, 3.63) is 22.4 Å². The Balaban J connectivity index is 0.00000264. The average Bonchev–Trinajstić information content (AvgIpc) is 3.01. The lowest BCUT2D eigenvalue weighted by Gasteiger charge is -2.34. The SMILES string of the molecule is CCOC(=O)N1CCN(CC(O)COCc2cccs2)CC1.Cl. The van der Waals surface area contributed by atoms with E-state index in [1.807, 2.05) is 17.5 Å². The minimum Gasteiger partial charge on any atom is -0.450 e. The van der Waals surface area contributed by atoms with Crippen LogP contribution in [0.1, 0.15) is 11.8 Å². The van der Waals surface area contributed by atoms with Crippen molar-refractivity contribution in [3.63, 3.8) is 0 Å². The maximum absolute atomic E-state index is 11.6. The van der Waals surface area contributed by atoms with E-state index in [0.717, 1.165) is 18.0 Å². The summed E-state index contributed by atoms with van der Waals surface area (Å²) in [5.74, 6) is 0. The van der Waals surface area contributed by atoms with Crippen LogP contribution in [0, 0.1) is 0 Å². The number of hydrogen-bond acceptors (Lipinski definition) is 6. The van der Waals surface area contributed by atoms with Gasteiger partial charge in [0.2, 0.25) is 0 Å². The van der Waals surface area contributed by atoms with Crippen LogP contribution in [0.15, 0.2) is 17.5 Å². The molecular weight excluding hydrogens is 340 g/mol. The lowest BCUT2D eigenvalue weighted by molar-refractivity contribution is 0.00183. The molecular formula is C15H25ClN2O4S. The van der Waals surface area contributed by atoms with Crippen LogP contribution < -0.4 is 0 Å². The van der Waals surface area contributed by atoms with Gasteiger partial charge in [-0.15, -0.1) is 23.7 Å². The zero-order valence-electron chi connectivity index (χ0n) is 13.3. The van der Waals surface area contributed by atoms with Crippen LogP contribution in [0.3, 0.4) is 0 Å². The second kappa shape index (κ2) is 10.8. The van der Waals surface area contributed by atoms with Gasteiger partial charge in [-0.1, -0.05) is 6.07 Å². The molecule has 1 amide bonds. The van der Waals surface area contributed by atoms with Crippen molar-refractivity contribution in [2.24, 2.45) is 0 Å². The van der Waals surface area contributed by atoms with Crippen molar-refractivity contribution < 1.29 is 19.4 Å². The quantitative estimate of drug-likeness (QED) is 0.799. The molecule has 1 aliphatic heterocycles. The van der Waals surface area contributed by atoms with Crippen LogP contribution >= 0.6 is 23.7 Å².